The van der Waals surface area contributed by atoms with E-state index in [-0.39, 0.29) is 0 Å². The number of nitrogens with zero attached hydrogens (tertiary/aromatic N) is 2. The lowest BCUT2D eigenvalue weighted by atomic mass is 10.3. The van der Waals surface area contributed by atoms with Gasteiger partial charge in [-0.05, 0) is 18.1 Å². The van der Waals surface area contributed by atoms with Crippen molar-refractivity contribution in [1.82, 2.24) is 9.38 Å². The summed E-state index contributed by atoms with van der Waals surface area (Å²) in [5, 5.41) is 0. The van der Waals surface area contributed by atoms with Crippen LogP contribution in [0.15, 0.2) is 24.5 Å². The van der Waals surface area contributed by atoms with Crippen LogP contribution in [0.1, 0.15) is 12.1 Å². The van der Waals surface area contributed by atoms with Crippen LogP contribution in [0.4, 0.5) is 5.69 Å². The van der Waals surface area contributed by atoms with Crippen molar-refractivity contribution < 1.29 is 0 Å². The molecule has 76 valence electrons. The number of pyridine rings is 1. The highest BCUT2D eigenvalue weighted by molar-refractivity contribution is 5.65. The highest BCUT2D eigenvalue weighted by atomic mass is 15.0. The van der Waals surface area contributed by atoms with Crippen LogP contribution in [0.5, 0.6) is 0 Å². The van der Waals surface area contributed by atoms with Gasteiger partial charge in [-0.25, -0.2) is 4.98 Å². The van der Waals surface area contributed by atoms with Gasteiger partial charge in [0, 0.05) is 19.2 Å². The van der Waals surface area contributed by atoms with Gasteiger partial charge in [0.1, 0.15) is 5.69 Å². The first-order chi connectivity index (χ1) is 7.33. The first-order valence-corrected chi connectivity index (χ1v) is 4.73. The number of rotatable bonds is 1. The van der Waals surface area contributed by atoms with Gasteiger partial charge in [0.2, 0.25) is 0 Å². The first kappa shape index (κ1) is 9.56. The zero-order chi connectivity index (χ0) is 10.7. The van der Waals surface area contributed by atoms with Crippen molar-refractivity contribution >= 4 is 11.3 Å². The number of imidazole rings is 1. The summed E-state index contributed by atoms with van der Waals surface area (Å²) in [7, 11) is 0. The van der Waals surface area contributed by atoms with Crippen molar-refractivity contribution in [2.45, 2.75) is 6.42 Å². The second-order valence-electron chi connectivity index (χ2n) is 3.14. The zero-order valence-corrected chi connectivity index (χ0v) is 8.27. The maximum absolute atomic E-state index is 5.77. The normalized spacial score (nSPS) is 9.93. The number of anilines is 1. The summed E-state index contributed by atoms with van der Waals surface area (Å²) < 4.78 is 1.87. The van der Waals surface area contributed by atoms with E-state index < -0.39 is 0 Å². The lowest BCUT2D eigenvalue weighted by molar-refractivity contribution is 1.03. The number of nitrogen functional groups attached to an aromatic ring is 1. The lowest BCUT2D eigenvalue weighted by Gasteiger charge is -1.96. The Morgan fingerprint density at radius 2 is 2.33 bits per heavy atom. The van der Waals surface area contributed by atoms with E-state index in [9.17, 15) is 0 Å². The van der Waals surface area contributed by atoms with E-state index in [1.54, 1.807) is 6.20 Å². The highest BCUT2D eigenvalue weighted by Gasteiger charge is 2.01. The Kier molecular flexibility index (Phi) is 2.57. The summed E-state index contributed by atoms with van der Waals surface area (Å²) in [6, 6.07) is 3.69. The summed E-state index contributed by atoms with van der Waals surface area (Å²) in [5.74, 6) is 5.98. The molecule has 15 heavy (non-hydrogen) atoms. The molecule has 0 aliphatic carbocycles. The predicted octanol–water partition coefficient (Wildman–Crippen LogP) is 0.617. The highest BCUT2D eigenvalue weighted by Crippen LogP contribution is 2.12. The average Bonchev–Trinajstić information content (AvgIpc) is 2.64. The Hall–Kier alpha value is -1.99. The van der Waals surface area contributed by atoms with Crippen LogP contribution < -0.4 is 11.5 Å². The third kappa shape index (κ3) is 1.78. The van der Waals surface area contributed by atoms with Crippen LogP contribution in [0.25, 0.3) is 5.65 Å². The molecule has 0 amide bonds. The van der Waals surface area contributed by atoms with Crippen LogP contribution in [-0.2, 0) is 0 Å². The minimum atomic E-state index is 0.575. The Balaban J connectivity index is 2.47. The van der Waals surface area contributed by atoms with Crippen LogP contribution in [0, 0.1) is 11.8 Å². The number of nitrogens with two attached hydrogens (primary N) is 2. The van der Waals surface area contributed by atoms with E-state index in [1.165, 1.54) is 0 Å². The monoisotopic (exact) mass is 200 g/mol. The molecule has 0 saturated carbocycles. The quantitative estimate of drug-likeness (QED) is 0.663. The van der Waals surface area contributed by atoms with E-state index in [4.69, 9.17) is 11.5 Å². The first-order valence-electron chi connectivity index (χ1n) is 4.73. The molecule has 0 aliphatic heterocycles. The molecule has 0 unspecified atom stereocenters. The zero-order valence-electron chi connectivity index (χ0n) is 8.27. The van der Waals surface area contributed by atoms with E-state index in [1.807, 2.05) is 22.7 Å². The molecule has 0 fully saturated rings. The van der Waals surface area contributed by atoms with Gasteiger partial charge >= 0.3 is 0 Å². The van der Waals surface area contributed by atoms with Crippen LogP contribution in [0.3, 0.4) is 0 Å². The minimum absolute atomic E-state index is 0.575. The molecule has 0 spiro atoms. The van der Waals surface area contributed by atoms with E-state index in [0.717, 1.165) is 11.3 Å². The molecule has 2 aromatic heterocycles. The Morgan fingerprint density at radius 1 is 1.47 bits per heavy atom. The standard InChI is InChI=1S/C11H12N4/c12-6-2-1-4-9-8-14-11-10(13)5-3-7-15(9)11/h3,5,7-8H,2,6,12-13H2. The predicted molar refractivity (Wildman–Crippen MR) is 60.2 cm³/mol. The third-order valence-corrected chi connectivity index (χ3v) is 2.05. The van der Waals surface area contributed by atoms with E-state index in [2.05, 4.69) is 16.8 Å². The number of hydrogen-bond donors (Lipinski definition) is 2. The minimum Gasteiger partial charge on any atom is -0.396 e. The molecular weight excluding hydrogens is 188 g/mol. The number of hydrogen-bond acceptors (Lipinski definition) is 3. The number of aromatic nitrogens is 2. The maximum atomic E-state index is 5.77. The van der Waals surface area contributed by atoms with Crippen molar-refractivity contribution in [2.75, 3.05) is 12.3 Å². The molecule has 4 heteroatoms. The Labute approximate surface area is 87.9 Å². The third-order valence-electron chi connectivity index (χ3n) is 2.05. The van der Waals surface area contributed by atoms with Gasteiger partial charge in [0.05, 0.1) is 11.9 Å². The van der Waals surface area contributed by atoms with Crippen molar-refractivity contribution in [3.05, 3.63) is 30.2 Å². The molecule has 0 radical (unpaired) electrons. The van der Waals surface area contributed by atoms with Gasteiger partial charge in [-0.15, -0.1) is 0 Å². The average molecular weight is 200 g/mol. The largest absolute Gasteiger partial charge is 0.396 e. The Bertz CT molecular complexity index is 530. The topological polar surface area (TPSA) is 69.3 Å². The van der Waals surface area contributed by atoms with Crippen LogP contribution in [0.2, 0.25) is 0 Å². The molecule has 4 N–H and O–H groups in total. The molecule has 0 aliphatic rings. The molecule has 0 atom stereocenters. The second-order valence-corrected chi connectivity index (χ2v) is 3.14. The maximum Gasteiger partial charge on any atom is 0.161 e. The van der Waals surface area contributed by atoms with Crippen LogP contribution >= 0.6 is 0 Å². The fourth-order valence-corrected chi connectivity index (χ4v) is 1.35. The molecule has 2 heterocycles. The molecule has 4 nitrogen and oxygen atoms in total. The summed E-state index contributed by atoms with van der Waals surface area (Å²) in [5.41, 5.74) is 13.4. The SMILES string of the molecule is NCCC#Cc1cnc2c(N)cccn12. The van der Waals surface area contributed by atoms with Crippen molar-refractivity contribution in [1.29, 1.82) is 0 Å². The van der Waals surface area contributed by atoms with Gasteiger partial charge < -0.3 is 11.5 Å². The fraction of sp³-hybridized carbons (Fsp3) is 0.182. The summed E-state index contributed by atoms with van der Waals surface area (Å²) in [6.45, 7) is 0.575. The molecule has 2 rings (SSSR count). The second kappa shape index (κ2) is 4.03. The van der Waals surface area contributed by atoms with E-state index >= 15 is 0 Å². The smallest absolute Gasteiger partial charge is 0.161 e. The van der Waals surface area contributed by atoms with Crippen molar-refractivity contribution in [2.24, 2.45) is 5.73 Å². The molecule has 0 saturated heterocycles. The Morgan fingerprint density at radius 3 is 3.13 bits per heavy atom. The number of fused-ring (bicyclic) bond motifs is 1. The van der Waals surface area contributed by atoms with Crippen molar-refractivity contribution in [3.63, 3.8) is 0 Å². The van der Waals surface area contributed by atoms with Gasteiger partial charge in [0.15, 0.2) is 5.65 Å². The fourth-order valence-electron chi connectivity index (χ4n) is 1.35. The van der Waals surface area contributed by atoms with Gasteiger partial charge in [0.25, 0.3) is 0 Å². The van der Waals surface area contributed by atoms with Gasteiger partial charge in [-0.3, -0.25) is 4.40 Å². The van der Waals surface area contributed by atoms with Gasteiger partial charge in [-0.2, -0.15) is 0 Å². The van der Waals surface area contributed by atoms with E-state index in [0.29, 0.717) is 18.7 Å². The lowest BCUT2D eigenvalue weighted by Crippen LogP contribution is -1.96. The molecular formula is C11H12N4. The van der Waals surface area contributed by atoms with Crippen LogP contribution in [-0.4, -0.2) is 15.9 Å². The molecule has 2 aromatic rings. The summed E-state index contributed by atoms with van der Waals surface area (Å²) in [6.07, 6.45) is 4.30. The molecule has 0 aromatic carbocycles. The van der Waals surface area contributed by atoms with Gasteiger partial charge in [-0.1, -0.05) is 5.92 Å². The molecule has 0 bridgehead atoms. The summed E-state index contributed by atoms with van der Waals surface area (Å²) in [4.78, 5) is 4.20. The summed E-state index contributed by atoms with van der Waals surface area (Å²) >= 11 is 0. The van der Waals surface area contributed by atoms with Crippen molar-refractivity contribution in [3.8, 4) is 11.8 Å².